The van der Waals surface area contributed by atoms with Crippen molar-refractivity contribution in [2.24, 2.45) is 0 Å². The number of aromatic nitrogens is 2. The second kappa shape index (κ2) is 17.9. The molecule has 0 spiro atoms. The van der Waals surface area contributed by atoms with Gasteiger partial charge in [0.05, 0.1) is 25.4 Å². The third-order valence-corrected chi connectivity index (χ3v) is 10.4. The molecular formula is C26H26N2O20P3Y-3. The molecule has 0 aliphatic carbocycles. The summed E-state index contributed by atoms with van der Waals surface area (Å²) in [4.78, 5) is 95.4. The largest absolute Gasteiger partial charge is 0.756 e. The van der Waals surface area contributed by atoms with Crippen LogP contribution in [-0.4, -0.2) is 62.5 Å². The van der Waals surface area contributed by atoms with Crippen molar-refractivity contribution in [3.05, 3.63) is 92.3 Å². The molecule has 5 unspecified atom stereocenters. The predicted octanol–water partition coefficient (Wildman–Crippen LogP) is -0.379. The molecule has 0 saturated carbocycles. The molecule has 2 aromatic carbocycles. The predicted molar refractivity (Wildman–Crippen MR) is 158 cm³/mol. The van der Waals surface area contributed by atoms with Crippen LogP contribution in [0.25, 0.3) is 0 Å². The first-order valence-electron chi connectivity index (χ1n) is 14.0. The minimum atomic E-state index is -6.19. The summed E-state index contributed by atoms with van der Waals surface area (Å²) in [5.41, 5.74) is -2.36. The fourth-order valence-corrected chi connectivity index (χ4v) is 7.40. The zero-order chi connectivity index (χ0) is 37.7. The van der Waals surface area contributed by atoms with Gasteiger partial charge in [0, 0.05) is 62.5 Å². The van der Waals surface area contributed by atoms with Gasteiger partial charge in [-0.3, -0.25) is 32.8 Å². The Kier molecular flexibility index (Phi) is 15.0. The number of aliphatic hydroxyl groups excluding tert-OH is 1. The molecule has 4 rings (SSSR count). The molecule has 1 fully saturated rings. The summed E-state index contributed by atoms with van der Waals surface area (Å²) in [5.74, 6) is -0.900. The van der Waals surface area contributed by atoms with Crippen molar-refractivity contribution in [2.45, 2.75) is 37.6 Å². The Morgan fingerprint density at radius 1 is 1.06 bits per heavy atom. The van der Waals surface area contributed by atoms with Crippen LogP contribution in [0.2, 0.25) is 0 Å². The summed E-state index contributed by atoms with van der Waals surface area (Å²) in [6.07, 6.45) is -7.25. The van der Waals surface area contributed by atoms with Crippen LogP contribution in [0.15, 0.2) is 64.3 Å². The number of methoxy groups -OCH3 is 1. The molecule has 22 nitrogen and oxygen atoms in total. The van der Waals surface area contributed by atoms with E-state index in [1.165, 1.54) is 31.4 Å². The van der Waals surface area contributed by atoms with Gasteiger partial charge in [-0.1, -0.05) is 30.3 Å². The Balaban J connectivity index is 0.00000729. The molecule has 1 saturated heterocycles. The van der Waals surface area contributed by atoms with Crippen LogP contribution < -0.4 is 30.7 Å². The van der Waals surface area contributed by atoms with Gasteiger partial charge in [-0.15, -0.1) is 0 Å². The molecule has 1 aliphatic rings. The molecule has 52 heavy (non-hydrogen) atoms. The average molecular weight is 868 g/mol. The van der Waals surface area contributed by atoms with Crippen molar-refractivity contribution < 1.29 is 118 Å². The van der Waals surface area contributed by atoms with Gasteiger partial charge in [-0.05, 0) is 12.1 Å². The molecule has 4 N–H and O–H groups in total. The molecular weight excluding hydrogens is 842 g/mol. The molecule has 0 amide bonds. The number of rotatable bonds is 15. The number of phenolic OH excluding ortho intramolecular Hbond substituents is 1. The van der Waals surface area contributed by atoms with E-state index in [9.17, 15) is 57.8 Å². The first-order chi connectivity index (χ1) is 23.8. The van der Waals surface area contributed by atoms with Crippen LogP contribution in [0.4, 0.5) is 4.79 Å². The monoisotopic (exact) mass is 868 g/mol. The Morgan fingerprint density at radius 3 is 2.37 bits per heavy atom. The number of aliphatic hydroxyl groups is 1. The van der Waals surface area contributed by atoms with Crippen LogP contribution in [0.5, 0.6) is 11.5 Å². The molecule has 0 bridgehead atoms. The molecule has 1 aliphatic heterocycles. The number of nitrogens with one attached hydrogen (secondary N) is 1. The Hall–Kier alpha value is -2.91. The van der Waals surface area contributed by atoms with Gasteiger partial charge in [0.15, 0.2) is 6.10 Å². The number of nitrogens with zero attached hydrogens (tertiary/aromatic N) is 1. The van der Waals surface area contributed by atoms with Crippen molar-refractivity contribution >= 4 is 35.4 Å². The van der Waals surface area contributed by atoms with Crippen LogP contribution in [0, 0.1) is 0 Å². The quantitative estimate of drug-likeness (QED) is 0.0859. The third kappa shape index (κ3) is 12.3. The van der Waals surface area contributed by atoms with E-state index in [2.05, 4.69) is 13.1 Å². The van der Waals surface area contributed by atoms with Crippen LogP contribution in [-0.2, 0) is 80.4 Å². The van der Waals surface area contributed by atoms with Crippen LogP contribution in [0.1, 0.15) is 40.2 Å². The fourth-order valence-electron chi connectivity index (χ4n) is 4.50. The number of carbonyl (C=O) groups is 2. The van der Waals surface area contributed by atoms with Gasteiger partial charge in [0.2, 0.25) is 5.78 Å². The number of hydrogen-bond acceptors (Lipinski definition) is 19. The summed E-state index contributed by atoms with van der Waals surface area (Å²) in [6, 6.07) is 11.4. The Morgan fingerprint density at radius 2 is 1.73 bits per heavy atom. The SMILES string of the molecule is COc1cc(O)cc(C(OC(=O)OCc2cn([C@H]3CC(O)[C@@H](COP(=O)([O-])OP(=O)([O-])OP(=O)([O-])O)O3)c(=O)[nH]c2=O)C(=O)c2ccccc2)c1.[Y]. The van der Waals surface area contributed by atoms with Gasteiger partial charge in [0.1, 0.15) is 30.4 Å². The number of hydrogen-bond donors (Lipinski definition) is 4. The number of ketones is 1. The van der Waals surface area contributed by atoms with Crippen LogP contribution in [0.3, 0.4) is 0 Å². The van der Waals surface area contributed by atoms with E-state index in [4.69, 9.17) is 23.8 Å². The topological polar surface area (TPSA) is 335 Å². The van der Waals surface area contributed by atoms with E-state index in [0.29, 0.717) is 0 Å². The number of Topliss-reactive ketones (excluding diaryl/α,β-unsaturated/α-hetero) is 1. The zero-order valence-electron chi connectivity index (χ0n) is 26.3. The van der Waals surface area contributed by atoms with Gasteiger partial charge in [-0.2, -0.15) is 0 Å². The molecule has 7 atom stereocenters. The van der Waals surface area contributed by atoms with Crippen molar-refractivity contribution in [3.63, 3.8) is 0 Å². The first kappa shape index (κ1) is 43.5. The molecule has 26 heteroatoms. The molecule has 3 aromatic rings. The Labute approximate surface area is 316 Å². The first-order valence-corrected chi connectivity index (χ1v) is 18.4. The van der Waals surface area contributed by atoms with Gasteiger partial charge < -0.3 is 53.3 Å². The molecule has 1 aromatic heterocycles. The number of carbonyl (C=O) groups excluding carboxylic acids is 2. The maximum absolute atomic E-state index is 13.3. The number of H-pyrrole nitrogens is 1. The number of aromatic amines is 1. The van der Waals surface area contributed by atoms with E-state index in [1.54, 1.807) is 18.2 Å². The smallest absolute Gasteiger partial charge is 0.509 e. The summed E-state index contributed by atoms with van der Waals surface area (Å²) < 4.78 is 66.3. The standard InChI is InChI=1S/C26H29N2O20P3.Y/c1-42-18-8-15(7-17(29)9-18)23(22(31)14-5-3-2-4-6-14)46-26(34)43-12-16-11-28(25(33)27-24(16)32)21-10-19(30)20(45-21)13-44-50(38,39)48-51(40,41)47-49(35,36)37;/h2-9,11,19-21,23,29-30H,10,12-13H2,1H3,(H,38,39)(H,40,41)(H,27,32,33)(H2,35,36,37);/p-3/t19?,20-,21-,23?;/m1./s1. The second-order valence-electron chi connectivity index (χ2n) is 10.3. The van der Waals surface area contributed by atoms with E-state index < -0.39 is 90.8 Å². The van der Waals surface area contributed by atoms with Crippen molar-refractivity contribution in [1.29, 1.82) is 0 Å². The Bertz CT molecular complexity index is 2020. The number of phenols is 1. The summed E-state index contributed by atoms with van der Waals surface area (Å²) >= 11 is 0. The zero-order valence-corrected chi connectivity index (χ0v) is 31.8. The summed E-state index contributed by atoms with van der Waals surface area (Å²) in [7, 11) is -16.8. The van der Waals surface area contributed by atoms with E-state index in [1.807, 2.05) is 4.98 Å². The maximum atomic E-state index is 13.3. The number of phosphoric acid groups is 3. The molecule has 281 valence electrons. The van der Waals surface area contributed by atoms with Crippen LogP contribution >= 0.6 is 23.5 Å². The van der Waals surface area contributed by atoms with Crippen molar-refractivity contribution in [2.75, 3.05) is 13.7 Å². The van der Waals surface area contributed by atoms with E-state index in [-0.39, 0.29) is 60.9 Å². The number of benzene rings is 2. The van der Waals surface area contributed by atoms with Gasteiger partial charge >= 0.3 is 11.8 Å². The minimum Gasteiger partial charge on any atom is -0.756 e. The number of ether oxygens (including phenoxy) is 4. The summed E-state index contributed by atoms with van der Waals surface area (Å²) in [6.45, 7) is -1.98. The van der Waals surface area contributed by atoms with E-state index >= 15 is 0 Å². The van der Waals surface area contributed by atoms with Crippen molar-refractivity contribution in [3.8, 4) is 11.5 Å². The van der Waals surface area contributed by atoms with Crippen molar-refractivity contribution in [1.82, 2.24) is 9.55 Å². The number of aromatic hydroxyl groups is 1. The van der Waals surface area contributed by atoms with Gasteiger partial charge in [-0.25, -0.2) is 18.2 Å². The second-order valence-corrected chi connectivity index (χ2v) is 14.6. The molecule has 2 heterocycles. The molecule has 1 radical (unpaired) electrons. The van der Waals surface area contributed by atoms with Gasteiger partial charge in [0.25, 0.3) is 29.0 Å². The maximum Gasteiger partial charge on any atom is 0.509 e. The average Bonchev–Trinajstić information content (AvgIpc) is 3.40. The van der Waals surface area contributed by atoms with E-state index in [0.717, 1.165) is 16.8 Å². The minimum absolute atomic E-state index is 0. The third-order valence-electron chi connectivity index (χ3n) is 6.66. The normalized spacial score (nSPS) is 21.0. The fraction of sp³-hybridized carbons (Fsp3) is 0.308. The number of phosphoric ester groups is 1. The summed E-state index contributed by atoms with van der Waals surface area (Å²) in [5, 5.41) is 20.4.